The minimum absolute atomic E-state index is 0.153. The summed E-state index contributed by atoms with van der Waals surface area (Å²) in [6, 6.07) is 9.16. The van der Waals surface area contributed by atoms with Crippen molar-refractivity contribution in [3.05, 3.63) is 58.5 Å². The van der Waals surface area contributed by atoms with Crippen LogP contribution in [0, 0.1) is 25.7 Å². The van der Waals surface area contributed by atoms with Gasteiger partial charge in [0.2, 0.25) is 0 Å². The molecule has 0 aliphatic rings. The van der Waals surface area contributed by atoms with Crippen LogP contribution in [0.5, 0.6) is 0 Å². The summed E-state index contributed by atoms with van der Waals surface area (Å²) >= 11 is 0. The number of amides is 1. The van der Waals surface area contributed by atoms with Crippen LogP contribution in [0.3, 0.4) is 0 Å². The van der Waals surface area contributed by atoms with Crippen LogP contribution in [-0.2, 0) is 6.54 Å². The molecule has 0 aliphatic carbocycles. The zero-order valence-corrected chi connectivity index (χ0v) is 12.2. The van der Waals surface area contributed by atoms with E-state index in [-0.39, 0.29) is 5.91 Å². The lowest BCUT2D eigenvalue weighted by atomic mass is 10.0. The van der Waals surface area contributed by atoms with E-state index in [4.69, 9.17) is 10.2 Å². The molecule has 21 heavy (non-hydrogen) atoms. The average Bonchev–Trinajstić information content (AvgIpc) is 2.89. The van der Waals surface area contributed by atoms with Gasteiger partial charge in [-0.2, -0.15) is 0 Å². The monoisotopic (exact) mass is 282 g/mol. The van der Waals surface area contributed by atoms with Gasteiger partial charge >= 0.3 is 0 Å². The Labute approximate surface area is 124 Å². The molecule has 2 aromatic rings. The van der Waals surface area contributed by atoms with Crippen LogP contribution in [0.2, 0.25) is 0 Å². The first kappa shape index (κ1) is 14.9. The summed E-state index contributed by atoms with van der Waals surface area (Å²) < 4.78 is 5.41. The maximum Gasteiger partial charge on any atom is 0.251 e. The number of nitrogens with two attached hydrogens (primary N) is 1. The summed E-state index contributed by atoms with van der Waals surface area (Å²) in [5, 5.41) is 2.83. The third-order valence-corrected chi connectivity index (χ3v) is 3.04. The molecule has 0 radical (unpaired) electrons. The molecule has 0 fully saturated rings. The van der Waals surface area contributed by atoms with Crippen molar-refractivity contribution in [1.82, 2.24) is 5.32 Å². The van der Waals surface area contributed by atoms with E-state index in [0.29, 0.717) is 18.7 Å². The van der Waals surface area contributed by atoms with Crippen molar-refractivity contribution in [2.24, 2.45) is 5.73 Å². The van der Waals surface area contributed by atoms with Crippen LogP contribution in [0.1, 0.15) is 33.0 Å². The number of hydrogen-bond acceptors (Lipinski definition) is 3. The van der Waals surface area contributed by atoms with E-state index in [1.54, 1.807) is 12.1 Å². The van der Waals surface area contributed by atoms with Gasteiger partial charge in [-0.3, -0.25) is 4.79 Å². The molecule has 3 N–H and O–H groups in total. The molecule has 0 saturated heterocycles. The summed E-state index contributed by atoms with van der Waals surface area (Å²) in [6.07, 6.45) is 0. The van der Waals surface area contributed by atoms with E-state index < -0.39 is 0 Å². The first-order chi connectivity index (χ1) is 10.1. The molecule has 1 heterocycles. The fourth-order valence-corrected chi connectivity index (χ4v) is 1.89. The van der Waals surface area contributed by atoms with Crippen molar-refractivity contribution in [1.29, 1.82) is 0 Å². The Morgan fingerprint density at radius 3 is 2.76 bits per heavy atom. The van der Waals surface area contributed by atoms with Crippen molar-refractivity contribution < 1.29 is 9.21 Å². The number of carbonyl (C=O) groups is 1. The third kappa shape index (κ3) is 3.98. The Morgan fingerprint density at radius 1 is 1.29 bits per heavy atom. The van der Waals surface area contributed by atoms with Gasteiger partial charge < -0.3 is 15.5 Å². The number of hydrogen-bond donors (Lipinski definition) is 2. The molecule has 4 heteroatoms. The van der Waals surface area contributed by atoms with Crippen LogP contribution in [-0.4, -0.2) is 12.5 Å². The predicted molar refractivity (Wildman–Crippen MR) is 81.7 cm³/mol. The zero-order valence-electron chi connectivity index (χ0n) is 12.2. The zero-order chi connectivity index (χ0) is 15.2. The van der Waals surface area contributed by atoms with E-state index in [2.05, 4.69) is 17.2 Å². The predicted octanol–water partition coefficient (Wildman–Crippen LogP) is 2.14. The fourth-order valence-electron chi connectivity index (χ4n) is 1.89. The molecular weight excluding hydrogens is 264 g/mol. The standard InChI is InChI=1S/C17H18N2O2/c1-12-5-7-15(10-14(12)4-3-9-18)17(20)19-11-16-8-6-13(2)21-16/h5-8,10H,9,11,18H2,1-2H3,(H,19,20). The van der Waals surface area contributed by atoms with Gasteiger partial charge in [0.15, 0.2) is 0 Å². The van der Waals surface area contributed by atoms with Crippen LogP contribution in [0.25, 0.3) is 0 Å². The van der Waals surface area contributed by atoms with Crippen molar-refractivity contribution in [3.63, 3.8) is 0 Å². The molecule has 1 aromatic heterocycles. The smallest absolute Gasteiger partial charge is 0.251 e. The molecule has 0 bridgehead atoms. The van der Waals surface area contributed by atoms with Gasteiger partial charge in [0.25, 0.3) is 5.91 Å². The second kappa shape index (κ2) is 6.78. The third-order valence-electron chi connectivity index (χ3n) is 3.04. The van der Waals surface area contributed by atoms with Gasteiger partial charge in [-0.15, -0.1) is 0 Å². The van der Waals surface area contributed by atoms with Gasteiger partial charge in [-0.25, -0.2) is 0 Å². The number of nitrogens with one attached hydrogen (secondary N) is 1. The number of rotatable bonds is 3. The fraction of sp³-hybridized carbons (Fsp3) is 0.235. The second-order valence-corrected chi connectivity index (χ2v) is 4.73. The highest BCUT2D eigenvalue weighted by atomic mass is 16.3. The highest BCUT2D eigenvalue weighted by Gasteiger charge is 2.08. The Balaban J connectivity index is 2.08. The molecule has 4 nitrogen and oxygen atoms in total. The van der Waals surface area contributed by atoms with E-state index >= 15 is 0 Å². The summed E-state index contributed by atoms with van der Waals surface area (Å²) in [5.41, 5.74) is 7.79. The van der Waals surface area contributed by atoms with Crippen LogP contribution in [0.4, 0.5) is 0 Å². The number of aryl methyl sites for hydroxylation is 2. The molecular formula is C17H18N2O2. The van der Waals surface area contributed by atoms with E-state index in [9.17, 15) is 4.79 Å². The van der Waals surface area contributed by atoms with Crippen LogP contribution in [0.15, 0.2) is 34.7 Å². The lowest BCUT2D eigenvalue weighted by Crippen LogP contribution is -2.22. The topological polar surface area (TPSA) is 68.3 Å². The van der Waals surface area contributed by atoms with Crippen molar-refractivity contribution >= 4 is 5.91 Å². The van der Waals surface area contributed by atoms with Gasteiger partial charge in [-0.1, -0.05) is 17.9 Å². The van der Waals surface area contributed by atoms with Crippen molar-refractivity contribution in [2.75, 3.05) is 6.54 Å². The normalized spacial score (nSPS) is 9.86. The molecule has 1 aromatic carbocycles. The largest absolute Gasteiger partial charge is 0.465 e. The molecule has 0 atom stereocenters. The molecule has 0 spiro atoms. The van der Waals surface area contributed by atoms with Gasteiger partial charge in [-0.05, 0) is 43.7 Å². The average molecular weight is 282 g/mol. The summed E-state index contributed by atoms with van der Waals surface area (Å²) in [7, 11) is 0. The molecule has 0 saturated carbocycles. The first-order valence-electron chi connectivity index (χ1n) is 6.73. The Morgan fingerprint density at radius 2 is 2.10 bits per heavy atom. The maximum atomic E-state index is 12.1. The first-order valence-corrected chi connectivity index (χ1v) is 6.73. The summed E-state index contributed by atoms with van der Waals surface area (Å²) in [6.45, 7) is 4.49. The lowest BCUT2D eigenvalue weighted by molar-refractivity contribution is 0.0948. The number of furan rings is 1. The van der Waals surface area contributed by atoms with Gasteiger partial charge in [0.05, 0.1) is 13.1 Å². The van der Waals surface area contributed by atoms with Gasteiger partial charge in [0.1, 0.15) is 11.5 Å². The lowest BCUT2D eigenvalue weighted by Gasteiger charge is -2.05. The highest BCUT2D eigenvalue weighted by Crippen LogP contribution is 2.11. The number of benzene rings is 1. The Hall–Kier alpha value is -2.51. The summed E-state index contributed by atoms with van der Waals surface area (Å²) in [5.74, 6) is 7.18. The van der Waals surface area contributed by atoms with E-state index in [1.165, 1.54) is 0 Å². The molecule has 0 aliphatic heterocycles. The SMILES string of the molecule is Cc1ccc(CNC(=O)c2ccc(C)c(C#CCN)c2)o1. The summed E-state index contributed by atoms with van der Waals surface area (Å²) in [4.78, 5) is 12.1. The van der Waals surface area contributed by atoms with Crippen molar-refractivity contribution in [3.8, 4) is 11.8 Å². The van der Waals surface area contributed by atoms with Crippen molar-refractivity contribution in [2.45, 2.75) is 20.4 Å². The molecule has 0 unspecified atom stereocenters. The molecule has 108 valence electrons. The van der Waals surface area contributed by atoms with Crippen LogP contribution < -0.4 is 11.1 Å². The molecule has 2 rings (SSSR count). The second-order valence-electron chi connectivity index (χ2n) is 4.73. The minimum atomic E-state index is -0.153. The van der Waals surface area contributed by atoms with E-state index in [0.717, 1.165) is 22.6 Å². The van der Waals surface area contributed by atoms with Gasteiger partial charge in [0, 0.05) is 11.1 Å². The van der Waals surface area contributed by atoms with E-state index in [1.807, 2.05) is 32.0 Å². The Kier molecular flexibility index (Phi) is 4.81. The minimum Gasteiger partial charge on any atom is -0.465 e. The van der Waals surface area contributed by atoms with Crippen LogP contribution >= 0.6 is 0 Å². The quantitative estimate of drug-likeness (QED) is 0.847. The Bertz CT molecular complexity index is 705. The maximum absolute atomic E-state index is 12.1. The highest BCUT2D eigenvalue weighted by molar-refractivity contribution is 5.94. The molecule has 1 amide bonds. The number of carbonyl (C=O) groups excluding carboxylic acids is 1.